The first kappa shape index (κ1) is 14.9. The number of hydrogen-bond acceptors (Lipinski definition) is 3. The summed E-state index contributed by atoms with van der Waals surface area (Å²) in [4.78, 5) is 2.40. The summed E-state index contributed by atoms with van der Waals surface area (Å²) < 4.78 is 5.40. The predicted molar refractivity (Wildman–Crippen MR) is 87.7 cm³/mol. The fraction of sp³-hybridized carbons (Fsp3) is 0.667. The number of benzene rings is 1. The lowest BCUT2D eigenvalue weighted by atomic mass is 9.98. The second-order valence-corrected chi connectivity index (χ2v) is 6.57. The van der Waals surface area contributed by atoms with Gasteiger partial charge < -0.3 is 15.0 Å². The summed E-state index contributed by atoms with van der Waals surface area (Å²) in [5, 5.41) is 3.64. The third kappa shape index (κ3) is 3.98. The van der Waals surface area contributed by atoms with Crippen LogP contribution in [0.5, 0.6) is 0 Å². The van der Waals surface area contributed by atoms with Crippen molar-refractivity contribution in [1.29, 1.82) is 0 Å². The van der Waals surface area contributed by atoms with Crippen LogP contribution in [-0.4, -0.2) is 32.8 Å². The monoisotopic (exact) mass is 288 g/mol. The summed E-state index contributed by atoms with van der Waals surface area (Å²) in [5.41, 5.74) is 2.71. The zero-order valence-electron chi connectivity index (χ0n) is 13.2. The molecule has 0 aromatic heterocycles. The van der Waals surface area contributed by atoms with Crippen LogP contribution in [0, 0.1) is 11.8 Å². The lowest BCUT2D eigenvalue weighted by molar-refractivity contribution is 0.122. The van der Waals surface area contributed by atoms with Gasteiger partial charge in [0.2, 0.25) is 0 Å². The predicted octanol–water partition coefficient (Wildman–Crippen LogP) is 3.05. The van der Waals surface area contributed by atoms with Gasteiger partial charge in [0.1, 0.15) is 0 Å². The number of ether oxygens (including phenoxy) is 1. The molecule has 0 radical (unpaired) electrons. The molecule has 1 aromatic carbocycles. The molecule has 2 aliphatic rings. The number of nitrogens with zero attached hydrogens (tertiary/aromatic N) is 1. The zero-order valence-corrected chi connectivity index (χ0v) is 13.2. The van der Waals surface area contributed by atoms with Crippen molar-refractivity contribution in [2.75, 3.05) is 37.7 Å². The van der Waals surface area contributed by atoms with Crippen LogP contribution in [0.1, 0.15) is 31.7 Å². The molecule has 1 saturated carbocycles. The second kappa shape index (κ2) is 7.28. The van der Waals surface area contributed by atoms with Crippen LogP contribution in [0.3, 0.4) is 0 Å². The van der Waals surface area contributed by atoms with Crippen LogP contribution >= 0.6 is 0 Å². The summed E-state index contributed by atoms with van der Waals surface area (Å²) in [7, 11) is 0. The van der Waals surface area contributed by atoms with Crippen LogP contribution in [0.2, 0.25) is 0 Å². The summed E-state index contributed by atoms with van der Waals surface area (Å²) in [6.07, 6.45) is 4.24. The van der Waals surface area contributed by atoms with Crippen LogP contribution in [0.25, 0.3) is 0 Å². The molecular weight excluding hydrogens is 260 g/mol. The van der Waals surface area contributed by atoms with Gasteiger partial charge in [-0.2, -0.15) is 0 Å². The third-order valence-corrected chi connectivity index (χ3v) is 5.09. The van der Waals surface area contributed by atoms with Crippen molar-refractivity contribution in [3.63, 3.8) is 0 Å². The number of anilines is 1. The van der Waals surface area contributed by atoms with Crippen molar-refractivity contribution >= 4 is 5.69 Å². The minimum atomic E-state index is 0.850. The molecule has 2 unspecified atom stereocenters. The Labute approximate surface area is 128 Å². The van der Waals surface area contributed by atoms with E-state index in [9.17, 15) is 0 Å². The molecule has 1 aliphatic heterocycles. The van der Waals surface area contributed by atoms with Crippen molar-refractivity contribution < 1.29 is 4.74 Å². The number of morpholine rings is 1. The molecule has 3 heteroatoms. The maximum Gasteiger partial charge on any atom is 0.0642 e. The molecule has 3 rings (SSSR count). The van der Waals surface area contributed by atoms with Crippen LogP contribution < -0.4 is 10.2 Å². The van der Waals surface area contributed by atoms with Crippen molar-refractivity contribution in [3.8, 4) is 0 Å². The Morgan fingerprint density at radius 1 is 1.14 bits per heavy atom. The second-order valence-electron chi connectivity index (χ2n) is 6.57. The molecule has 0 bridgehead atoms. The smallest absolute Gasteiger partial charge is 0.0642 e. The SMILES string of the molecule is CC1CCCC1CNCc1ccc(N2CCOCC2)cc1. The molecule has 1 aliphatic carbocycles. The quantitative estimate of drug-likeness (QED) is 0.901. The molecule has 0 amide bonds. The third-order valence-electron chi connectivity index (χ3n) is 5.09. The molecule has 1 heterocycles. The van der Waals surface area contributed by atoms with E-state index in [4.69, 9.17) is 4.74 Å². The lowest BCUT2D eigenvalue weighted by Gasteiger charge is -2.29. The Morgan fingerprint density at radius 2 is 1.90 bits per heavy atom. The minimum Gasteiger partial charge on any atom is -0.378 e. The average Bonchev–Trinajstić information content (AvgIpc) is 2.94. The Hall–Kier alpha value is -1.06. The van der Waals surface area contributed by atoms with E-state index >= 15 is 0 Å². The number of hydrogen-bond donors (Lipinski definition) is 1. The normalized spacial score (nSPS) is 26.2. The van der Waals surface area contributed by atoms with E-state index in [0.29, 0.717) is 0 Å². The van der Waals surface area contributed by atoms with Gasteiger partial charge in [-0.3, -0.25) is 0 Å². The molecule has 3 nitrogen and oxygen atoms in total. The van der Waals surface area contributed by atoms with Crippen LogP contribution in [0.15, 0.2) is 24.3 Å². The molecule has 116 valence electrons. The van der Waals surface area contributed by atoms with E-state index in [0.717, 1.165) is 44.7 Å². The largest absolute Gasteiger partial charge is 0.378 e. The zero-order chi connectivity index (χ0) is 14.5. The topological polar surface area (TPSA) is 24.5 Å². The van der Waals surface area contributed by atoms with E-state index in [1.165, 1.54) is 37.1 Å². The molecule has 0 spiro atoms. The van der Waals surface area contributed by atoms with E-state index in [-0.39, 0.29) is 0 Å². The summed E-state index contributed by atoms with van der Waals surface area (Å²) in [6, 6.07) is 9.02. The summed E-state index contributed by atoms with van der Waals surface area (Å²) in [5.74, 6) is 1.79. The van der Waals surface area contributed by atoms with Gasteiger partial charge in [-0.15, -0.1) is 0 Å². The van der Waals surface area contributed by atoms with E-state index in [1.807, 2.05) is 0 Å². The van der Waals surface area contributed by atoms with Crippen LogP contribution in [0.4, 0.5) is 5.69 Å². The molecule has 2 atom stereocenters. The first-order valence-corrected chi connectivity index (χ1v) is 8.45. The minimum absolute atomic E-state index is 0.850. The standard InChI is InChI=1S/C18H28N2O/c1-15-3-2-4-17(15)14-19-13-16-5-7-18(8-6-16)20-9-11-21-12-10-20/h5-8,15,17,19H,2-4,9-14H2,1H3. The molecule has 1 N–H and O–H groups in total. The Balaban J connectivity index is 1.45. The van der Waals surface area contributed by atoms with Gasteiger partial charge in [-0.25, -0.2) is 0 Å². The Bertz CT molecular complexity index is 425. The highest BCUT2D eigenvalue weighted by Crippen LogP contribution is 2.30. The van der Waals surface area contributed by atoms with Crippen LogP contribution in [-0.2, 0) is 11.3 Å². The highest BCUT2D eigenvalue weighted by Gasteiger charge is 2.22. The van der Waals surface area contributed by atoms with Gasteiger partial charge in [-0.05, 0) is 42.5 Å². The van der Waals surface area contributed by atoms with Gasteiger partial charge in [0.15, 0.2) is 0 Å². The summed E-state index contributed by atoms with van der Waals surface area (Å²) >= 11 is 0. The number of nitrogens with one attached hydrogen (secondary N) is 1. The van der Waals surface area contributed by atoms with Gasteiger partial charge in [0, 0.05) is 25.3 Å². The van der Waals surface area contributed by atoms with Gasteiger partial charge in [-0.1, -0.05) is 31.9 Å². The Kier molecular flexibility index (Phi) is 5.15. The lowest BCUT2D eigenvalue weighted by Crippen LogP contribution is -2.36. The van der Waals surface area contributed by atoms with Crippen molar-refractivity contribution in [1.82, 2.24) is 5.32 Å². The van der Waals surface area contributed by atoms with Crippen molar-refractivity contribution in [2.24, 2.45) is 11.8 Å². The highest BCUT2D eigenvalue weighted by molar-refractivity contribution is 5.47. The fourth-order valence-electron chi connectivity index (χ4n) is 3.57. The average molecular weight is 288 g/mol. The molecule has 21 heavy (non-hydrogen) atoms. The van der Waals surface area contributed by atoms with Gasteiger partial charge in [0.05, 0.1) is 13.2 Å². The first-order chi connectivity index (χ1) is 10.3. The van der Waals surface area contributed by atoms with Gasteiger partial charge in [0.25, 0.3) is 0 Å². The molecule has 2 fully saturated rings. The highest BCUT2D eigenvalue weighted by atomic mass is 16.5. The first-order valence-electron chi connectivity index (χ1n) is 8.45. The Morgan fingerprint density at radius 3 is 2.57 bits per heavy atom. The molecule has 1 saturated heterocycles. The molecule has 1 aromatic rings. The molecular formula is C18H28N2O. The van der Waals surface area contributed by atoms with E-state index in [1.54, 1.807) is 0 Å². The van der Waals surface area contributed by atoms with Crippen molar-refractivity contribution in [3.05, 3.63) is 29.8 Å². The summed E-state index contributed by atoms with van der Waals surface area (Å²) in [6.45, 7) is 8.29. The van der Waals surface area contributed by atoms with E-state index in [2.05, 4.69) is 41.4 Å². The van der Waals surface area contributed by atoms with Gasteiger partial charge >= 0.3 is 0 Å². The van der Waals surface area contributed by atoms with E-state index < -0.39 is 0 Å². The fourth-order valence-corrected chi connectivity index (χ4v) is 3.57. The maximum absolute atomic E-state index is 5.40. The maximum atomic E-state index is 5.40. The van der Waals surface area contributed by atoms with Crippen molar-refractivity contribution in [2.45, 2.75) is 32.7 Å². The number of rotatable bonds is 5.